The minimum Gasteiger partial charge on any atom is -0.478 e. The molecule has 1 saturated heterocycles. The number of allylic oxidation sites excluding steroid dienone is 2. The third kappa shape index (κ3) is 1.63. The SMILES string of the molecule is O=C(O)c1ccc(Cl)c(N2C(=O)[C@@H]3[C@@H](C2=O)[C@H]2C=C[C@H]3C2)c1. The fraction of sp³-hybridized carbons (Fsp3) is 0.312. The van der Waals surface area contributed by atoms with Crippen LogP contribution < -0.4 is 4.90 Å². The van der Waals surface area contributed by atoms with Crippen molar-refractivity contribution in [2.24, 2.45) is 23.7 Å². The lowest BCUT2D eigenvalue weighted by molar-refractivity contribution is -0.123. The molecule has 5 nitrogen and oxygen atoms in total. The van der Waals surface area contributed by atoms with E-state index in [9.17, 15) is 14.4 Å². The molecular weight excluding hydrogens is 306 g/mol. The number of hydrogen-bond acceptors (Lipinski definition) is 3. The minimum absolute atomic E-state index is 0.00171. The second-order valence-corrected chi connectivity index (χ2v) is 6.39. The van der Waals surface area contributed by atoms with E-state index in [1.165, 1.54) is 18.2 Å². The van der Waals surface area contributed by atoms with Crippen LogP contribution in [0.25, 0.3) is 0 Å². The number of anilines is 1. The molecule has 1 N–H and O–H groups in total. The lowest BCUT2D eigenvalue weighted by atomic mass is 9.85. The lowest BCUT2D eigenvalue weighted by Crippen LogP contribution is -2.33. The molecular formula is C16H12ClNO4. The molecule has 112 valence electrons. The number of amides is 2. The third-order valence-electron chi connectivity index (χ3n) is 4.90. The first kappa shape index (κ1) is 13.5. The Morgan fingerprint density at radius 2 is 1.73 bits per heavy atom. The number of imide groups is 1. The van der Waals surface area contributed by atoms with Crippen molar-refractivity contribution >= 4 is 35.1 Å². The second kappa shape index (κ2) is 4.43. The largest absolute Gasteiger partial charge is 0.478 e. The van der Waals surface area contributed by atoms with Gasteiger partial charge in [-0.05, 0) is 36.5 Å². The molecule has 4 atom stereocenters. The predicted molar refractivity (Wildman–Crippen MR) is 78.6 cm³/mol. The van der Waals surface area contributed by atoms with Crippen LogP contribution in [-0.2, 0) is 9.59 Å². The molecule has 1 aliphatic heterocycles. The van der Waals surface area contributed by atoms with Crippen LogP contribution in [0.1, 0.15) is 16.8 Å². The van der Waals surface area contributed by atoms with Crippen LogP contribution in [0.2, 0.25) is 5.02 Å². The number of benzene rings is 1. The molecule has 6 heteroatoms. The van der Waals surface area contributed by atoms with Crippen molar-refractivity contribution in [3.63, 3.8) is 0 Å². The van der Waals surface area contributed by atoms with Crippen molar-refractivity contribution in [3.8, 4) is 0 Å². The second-order valence-electron chi connectivity index (χ2n) is 5.98. The first-order valence-corrected chi connectivity index (χ1v) is 7.46. The molecule has 1 heterocycles. The standard InChI is InChI=1S/C16H12ClNO4/c17-10-4-3-9(16(21)22)6-11(10)18-14(19)12-7-1-2-8(5-7)13(12)15(18)20/h1-4,6-8,12-13H,5H2,(H,21,22)/t7-,8-,12-,13-/m0/s1. The van der Waals surface area contributed by atoms with Gasteiger partial charge in [0, 0.05) is 0 Å². The highest BCUT2D eigenvalue weighted by Crippen LogP contribution is 2.53. The Balaban J connectivity index is 1.79. The highest BCUT2D eigenvalue weighted by molar-refractivity contribution is 6.36. The number of carboxylic acids is 1. The Hall–Kier alpha value is -2.14. The van der Waals surface area contributed by atoms with Crippen molar-refractivity contribution in [1.29, 1.82) is 0 Å². The smallest absolute Gasteiger partial charge is 0.335 e. The highest BCUT2D eigenvalue weighted by Gasteiger charge is 2.59. The van der Waals surface area contributed by atoms with Gasteiger partial charge in [-0.1, -0.05) is 23.8 Å². The monoisotopic (exact) mass is 317 g/mol. The van der Waals surface area contributed by atoms with Crippen LogP contribution >= 0.6 is 11.6 Å². The molecule has 2 bridgehead atoms. The van der Waals surface area contributed by atoms with E-state index < -0.39 is 5.97 Å². The van der Waals surface area contributed by atoms with Crippen LogP contribution in [0.4, 0.5) is 5.69 Å². The summed E-state index contributed by atoms with van der Waals surface area (Å²) in [6.45, 7) is 0. The average Bonchev–Trinajstić information content (AvgIpc) is 3.14. The number of aromatic carboxylic acids is 1. The summed E-state index contributed by atoms with van der Waals surface area (Å²) in [6.07, 6.45) is 4.87. The molecule has 2 amide bonds. The number of fused-ring (bicyclic) bond motifs is 5. The molecule has 4 rings (SSSR count). The Morgan fingerprint density at radius 3 is 2.27 bits per heavy atom. The summed E-state index contributed by atoms with van der Waals surface area (Å²) in [5.74, 6) is -2.10. The van der Waals surface area contributed by atoms with Gasteiger partial charge in [-0.2, -0.15) is 0 Å². The van der Waals surface area contributed by atoms with Crippen molar-refractivity contribution in [3.05, 3.63) is 40.9 Å². The summed E-state index contributed by atoms with van der Waals surface area (Å²) in [5, 5.41) is 9.29. The maximum Gasteiger partial charge on any atom is 0.335 e. The van der Waals surface area contributed by atoms with Gasteiger partial charge in [0.25, 0.3) is 0 Å². The summed E-state index contributed by atoms with van der Waals surface area (Å²) >= 11 is 6.10. The molecule has 1 aromatic carbocycles. The van der Waals surface area contributed by atoms with Crippen molar-refractivity contribution in [2.45, 2.75) is 6.42 Å². The summed E-state index contributed by atoms with van der Waals surface area (Å²) in [7, 11) is 0. The molecule has 2 aliphatic carbocycles. The Bertz CT molecular complexity index is 727. The van der Waals surface area contributed by atoms with Crippen molar-refractivity contribution in [2.75, 3.05) is 4.90 Å². The first-order valence-electron chi connectivity index (χ1n) is 7.08. The molecule has 0 spiro atoms. The summed E-state index contributed by atoms with van der Waals surface area (Å²) in [5.41, 5.74) is 0.170. The van der Waals surface area contributed by atoms with E-state index in [4.69, 9.17) is 16.7 Å². The van der Waals surface area contributed by atoms with E-state index in [0.717, 1.165) is 11.3 Å². The maximum atomic E-state index is 12.7. The molecule has 1 aromatic rings. The number of carbonyl (C=O) groups excluding carboxylic acids is 2. The van der Waals surface area contributed by atoms with Gasteiger partial charge >= 0.3 is 5.97 Å². The first-order chi connectivity index (χ1) is 10.5. The van der Waals surface area contributed by atoms with Gasteiger partial charge in [0.2, 0.25) is 11.8 Å². The number of hydrogen-bond donors (Lipinski definition) is 1. The number of rotatable bonds is 2. The third-order valence-corrected chi connectivity index (χ3v) is 5.22. The lowest BCUT2D eigenvalue weighted by Gasteiger charge is -2.19. The van der Waals surface area contributed by atoms with Crippen LogP contribution in [0, 0.1) is 23.7 Å². The highest BCUT2D eigenvalue weighted by atomic mass is 35.5. The Morgan fingerprint density at radius 1 is 1.14 bits per heavy atom. The van der Waals surface area contributed by atoms with E-state index in [1.54, 1.807) is 0 Å². The van der Waals surface area contributed by atoms with Gasteiger partial charge in [-0.25, -0.2) is 9.69 Å². The average molecular weight is 318 g/mol. The molecule has 0 unspecified atom stereocenters. The van der Waals surface area contributed by atoms with Crippen molar-refractivity contribution in [1.82, 2.24) is 0 Å². The zero-order chi connectivity index (χ0) is 15.6. The quantitative estimate of drug-likeness (QED) is 0.671. The van der Waals surface area contributed by atoms with Crippen LogP contribution in [-0.4, -0.2) is 22.9 Å². The summed E-state index contributed by atoms with van der Waals surface area (Å²) in [6, 6.07) is 4.05. The molecule has 0 aromatic heterocycles. The Kier molecular flexibility index (Phi) is 2.72. The van der Waals surface area contributed by atoms with Gasteiger partial charge in [-0.15, -0.1) is 0 Å². The van der Waals surface area contributed by atoms with Crippen LogP contribution in [0.15, 0.2) is 30.4 Å². The van der Waals surface area contributed by atoms with E-state index in [0.29, 0.717) is 0 Å². The predicted octanol–water partition coefficient (Wildman–Crippen LogP) is 2.35. The van der Waals surface area contributed by atoms with E-state index >= 15 is 0 Å². The maximum absolute atomic E-state index is 12.7. The molecule has 3 aliphatic rings. The van der Waals surface area contributed by atoms with Crippen LogP contribution in [0.3, 0.4) is 0 Å². The summed E-state index contributed by atoms with van der Waals surface area (Å²) in [4.78, 5) is 37.6. The van der Waals surface area contributed by atoms with E-state index in [1.807, 2.05) is 12.2 Å². The topological polar surface area (TPSA) is 74.7 Å². The van der Waals surface area contributed by atoms with Gasteiger partial charge in [-0.3, -0.25) is 9.59 Å². The Labute approximate surface area is 131 Å². The van der Waals surface area contributed by atoms with Crippen molar-refractivity contribution < 1.29 is 19.5 Å². The molecule has 1 saturated carbocycles. The number of carbonyl (C=O) groups is 3. The normalized spacial score (nSPS) is 32.0. The molecule has 2 fully saturated rings. The number of nitrogens with zero attached hydrogens (tertiary/aromatic N) is 1. The van der Waals surface area contributed by atoms with Gasteiger partial charge in [0.15, 0.2) is 0 Å². The zero-order valence-corrected chi connectivity index (χ0v) is 12.2. The zero-order valence-electron chi connectivity index (χ0n) is 11.4. The fourth-order valence-corrected chi connectivity index (χ4v) is 4.16. The summed E-state index contributed by atoms with van der Waals surface area (Å²) < 4.78 is 0. The number of halogens is 1. The van der Waals surface area contributed by atoms with Gasteiger partial charge in [0.05, 0.1) is 28.1 Å². The van der Waals surface area contributed by atoms with Gasteiger partial charge in [0.1, 0.15) is 0 Å². The minimum atomic E-state index is -1.13. The van der Waals surface area contributed by atoms with Gasteiger partial charge < -0.3 is 5.11 Å². The fourth-order valence-electron chi connectivity index (χ4n) is 3.96. The van der Waals surface area contributed by atoms with E-state index in [2.05, 4.69) is 0 Å². The van der Waals surface area contributed by atoms with Crippen LogP contribution in [0.5, 0.6) is 0 Å². The van der Waals surface area contributed by atoms with E-state index in [-0.39, 0.29) is 51.8 Å². The molecule has 0 radical (unpaired) electrons. The number of carboxylic acid groups (broad SMARTS) is 1. The molecule has 22 heavy (non-hydrogen) atoms.